The van der Waals surface area contributed by atoms with Crippen LogP contribution in [0.3, 0.4) is 0 Å². The van der Waals surface area contributed by atoms with Crippen LogP contribution in [-0.4, -0.2) is 27.3 Å². The minimum absolute atomic E-state index is 0.338. The maximum Gasteiger partial charge on any atom is 0.338 e. The van der Waals surface area contributed by atoms with Gasteiger partial charge in [0.25, 0.3) is 0 Å². The Labute approximate surface area is 116 Å². The first-order chi connectivity index (χ1) is 9.61. The lowest BCUT2D eigenvalue weighted by atomic mass is 10.1. The molecule has 0 bridgehead atoms. The first-order valence-electron chi connectivity index (χ1n) is 6.25. The molecule has 7 heteroatoms. The third-order valence-electron chi connectivity index (χ3n) is 2.80. The molecule has 0 unspecified atom stereocenters. The van der Waals surface area contributed by atoms with Crippen molar-refractivity contribution in [2.45, 2.75) is 13.5 Å². The Morgan fingerprint density at radius 1 is 1.50 bits per heavy atom. The molecule has 0 saturated carbocycles. The number of esters is 1. The largest absolute Gasteiger partial charge is 0.462 e. The van der Waals surface area contributed by atoms with Crippen LogP contribution in [0, 0.1) is 0 Å². The molecule has 106 valence electrons. The number of aryl methyl sites for hydroxylation is 1. The van der Waals surface area contributed by atoms with E-state index in [1.807, 2.05) is 11.6 Å². The topological polar surface area (TPSA) is 95.1 Å². The lowest BCUT2D eigenvalue weighted by Gasteiger charge is -2.10. The Bertz CT molecular complexity index is 609. The van der Waals surface area contributed by atoms with Crippen molar-refractivity contribution in [3.8, 4) is 0 Å². The summed E-state index contributed by atoms with van der Waals surface area (Å²) in [5, 5.41) is 10.9. The molecule has 1 aromatic carbocycles. The van der Waals surface area contributed by atoms with Gasteiger partial charge < -0.3 is 20.4 Å². The quantitative estimate of drug-likeness (QED) is 0.628. The molecule has 0 aliphatic heterocycles. The number of hydrogen-bond donors (Lipinski definition) is 2. The molecule has 3 N–H and O–H groups in total. The van der Waals surface area contributed by atoms with Crippen molar-refractivity contribution in [1.29, 1.82) is 0 Å². The molecule has 1 heterocycles. The molecular formula is C13H17N5O2. The van der Waals surface area contributed by atoms with E-state index in [1.54, 1.807) is 31.5 Å². The minimum Gasteiger partial charge on any atom is -0.462 e. The van der Waals surface area contributed by atoms with Crippen LogP contribution >= 0.6 is 0 Å². The summed E-state index contributed by atoms with van der Waals surface area (Å²) in [5.74, 6) is 0.415. The molecule has 0 amide bonds. The van der Waals surface area contributed by atoms with E-state index in [0.29, 0.717) is 24.4 Å². The van der Waals surface area contributed by atoms with Gasteiger partial charge in [-0.05, 0) is 25.1 Å². The maximum atomic E-state index is 11.6. The van der Waals surface area contributed by atoms with Crippen molar-refractivity contribution in [3.63, 3.8) is 0 Å². The summed E-state index contributed by atoms with van der Waals surface area (Å²) >= 11 is 0. The fraction of sp³-hybridized carbons (Fsp3) is 0.308. The van der Waals surface area contributed by atoms with Gasteiger partial charge in [0.05, 0.1) is 30.1 Å². The van der Waals surface area contributed by atoms with Gasteiger partial charge in [0, 0.05) is 7.05 Å². The van der Waals surface area contributed by atoms with Crippen LogP contribution in [0.15, 0.2) is 24.5 Å². The zero-order valence-electron chi connectivity index (χ0n) is 11.5. The zero-order valence-corrected chi connectivity index (χ0v) is 11.5. The number of anilines is 2. The fourth-order valence-corrected chi connectivity index (χ4v) is 1.71. The van der Waals surface area contributed by atoms with Gasteiger partial charge >= 0.3 is 5.97 Å². The first-order valence-corrected chi connectivity index (χ1v) is 6.25. The Morgan fingerprint density at radius 2 is 2.30 bits per heavy atom. The lowest BCUT2D eigenvalue weighted by Crippen LogP contribution is -2.09. The van der Waals surface area contributed by atoms with Crippen LogP contribution in [0.5, 0.6) is 0 Å². The number of aromatic nitrogens is 3. The van der Waals surface area contributed by atoms with E-state index in [9.17, 15) is 4.79 Å². The van der Waals surface area contributed by atoms with E-state index in [0.717, 1.165) is 11.5 Å². The second-order valence-electron chi connectivity index (χ2n) is 4.23. The minimum atomic E-state index is -0.376. The molecule has 0 spiro atoms. The molecule has 0 atom stereocenters. The number of carbonyl (C=O) groups is 1. The molecule has 0 aliphatic carbocycles. The van der Waals surface area contributed by atoms with Gasteiger partial charge in [-0.2, -0.15) is 0 Å². The summed E-state index contributed by atoms with van der Waals surface area (Å²) in [5.41, 5.74) is 7.58. The smallest absolute Gasteiger partial charge is 0.338 e. The molecule has 1 aromatic heterocycles. The molecular weight excluding hydrogens is 258 g/mol. The van der Waals surface area contributed by atoms with E-state index < -0.39 is 0 Å². The third-order valence-corrected chi connectivity index (χ3v) is 2.80. The molecule has 0 aliphatic rings. The van der Waals surface area contributed by atoms with Crippen LogP contribution in [0.2, 0.25) is 0 Å². The van der Waals surface area contributed by atoms with Crippen molar-refractivity contribution in [2.24, 2.45) is 7.05 Å². The Balaban J connectivity index is 2.06. The predicted octanol–water partition coefficient (Wildman–Crippen LogP) is 1.19. The van der Waals surface area contributed by atoms with Crippen LogP contribution in [0.1, 0.15) is 23.1 Å². The highest BCUT2D eigenvalue weighted by molar-refractivity contribution is 5.91. The number of nitrogens with one attached hydrogen (secondary N) is 1. The highest BCUT2D eigenvalue weighted by atomic mass is 16.5. The summed E-state index contributed by atoms with van der Waals surface area (Å²) in [6.45, 7) is 2.60. The van der Waals surface area contributed by atoms with Gasteiger partial charge in [-0.1, -0.05) is 0 Å². The SMILES string of the molecule is CCOC(=O)c1ccc(NCc2nncn2C)c(N)c1. The second-order valence-corrected chi connectivity index (χ2v) is 4.23. The lowest BCUT2D eigenvalue weighted by molar-refractivity contribution is 0.0526. The second kappa shape index (κ2) is 6.05. The summed E-state index contributed by atoms with van der Waals surface area (Å²) in [7, 11) is 1.87. The molecule has 0 radical (unpaired) electrons. The Morgan fingerprint density at radius 3 is 2.90 bits per heavy atom. The van der Waals surface area contributed by atoms with Crippen molar-refractivity contribution < 1.29 is 9.53 Å². The number of nitrogens with zero attached hydrogens (tertiary/aromatic N) is 3. The van der Waals surface area contributed by atoms with Gasteiger partial charge in [0.2, 0.25) is 0 Å². The average molecular weight is 275 g/mol. The highest BCUT2D eigenvalue weighted by Crippen LogP contribution is 2.21. The van der Waals surface area contributed by atoms with E-state index in [2.05, 4.69) is 15.5 Å². The fourth-order valence-electron chi connectivity index (χ4n) is 1.71. The summed E-state index contributed by atoms with van der Waals surface area (Å²) < 4.78 is 6.74. The van der Waals surface area contributed by atoms with Gasteiger partial charge in [-0.3, -0.25) is 0 Å². The van der Waals surface area contributed by atoms with Gasteiger partial charge in [0.1, 0.15) is 6.33 Å². The normalized spacial score (nSPS) is 10.3. The molecule has 20 heavy (non-hydrogen) atoms. The number of rotatable bonds is 5. The van der Waals surface area contributed by atoms with Crippen molar-refractivity contribution in [2.75, 3.05) is 17.7 Å². The van der Waals surface area contributed by atoms with Crippen LogP contribution in [0.4, 0.5) is 11.4 Å². The van der Waals surface area contributed by atoms with Crippen LogP contribution in [-0.2, 0) is 18.3 Å². The van der Waals surface area contributed by atoms with Crippen LogP contribution in [0.25, 0.3) is 0 Å². The highest BCUT2D eigenvalue weighted by Gasteiger charge is 2.09. The van der Waals surface area contributed by atoms with Gasteiger partial charge in [0.15, 0.2) is 5.82 Å². The number of benzene rings is 1. The van der Waals surface area contributed by atoms with E-state index in [4.69, 9.17) is 10.5 Å². The summed E-state index contributed by atoms with van der Waals surface area (Å²) in [6.07, 6.45) is 1.63. The van der Waals surface area contributed by atoms with Crippen LogP contribution < -0.4 is 11.1 Å². The van der Waals surface area contributed by atoms with Gasteiger partial charge in [-0.25, -0.2) is 4.79 Å². The molecule has 2 rings (SSSR count). The zero-order chi connectivity index (χ0) is 14.5. The van der Waals surface area contributed by atoms with E-state index in [-0.39, 0.29) is 5.97 Å². The molecule has 7 nitrogen and oxygen atoms in total. The number of ether oxygens (including phenoxy) is 1. The maximum absolute atomic E-state index is 11.6. The first kappa shape index (κ1) is 13.9. The average Bonchev–Trinajstić information content (AvgIpc) is 2.83. The van der Waals surface area contributed by atoms with Crippen molar-refractivity contribution >= 4 is 17.3 Å². The molecule has 2 aromatic rings. The monoisotopic (exact) mass is 275 g/mol. The van der Waals surface area contributed by atoms with E-state index >= 15 is 0 Å². The number of nitrogens with two attached hydrogens (primary N) is 1. The Kier molecular flexibility index (Phi) is 4.19. The molecule has 0 saturated heterocycles. The Hall–Kier alpha value is -2.57. The summed E-state index contributed by atoms with van der Waals surface area (Å²) in [4.78, 5) is 11.6. The number of nitrogen functional groups attached to an aromatic ring is 1. The van der Waals surface area contributed by atoms with Gasteiger partial charge in [-0.15, -0.1) is 10.2 Å². The van der Waals surface area contributed by atoms with Crippen molar-refractivity contribution in [3.05, 3.63) is 35.9 Å². The number of carbonyl (C=O) groups excluding carboxylic acids is 1. The van der Waals surface area contributed by atoms with Crippen molar-refractivity contribution in [1.82, 2.24) is 14.8 Å². The summed E-state index contributed by atoms with van der Waals surface area (Å²) in [6, 6.07) is 5.02. The third kappa shape index (κ3) is 3.05. The molecule has 0 fully saturated rings. The predicted molar refractivity (Wildman–Crippen MR) is 75.1 cm³/mol. The number of hydrogen-bond acceptors (Lipinski definition) is 6. The van der Waals surface area contributed by atoms with E-state index in [1.165, 1.54) is 0 Å². The standard InChI is InChI=1S/C13H17N5O2/c1-3-20-13(19)9-4-5-11(10(14)6-9)15-7-12-17-16-8-18(12)2/h4-6,8,15H,3,7,14H2,1-2H3.